The standard InChI is InChI=1S/C87H162NO8P/c1-3-5-7-9-11-13-15-17-19-21-23-25-27-29-31-33-35-37-39-40-41-42-43-44-46-47-49-51-53-55-57-59-61-63-65-67-69-71-73-75-77-79-86(89)93-83-85(84-95-97(91,92)94-82-81-88)96-87(90)80-78-76-74-72-70-68-66-64-62-60-58-56-54-52-50-48-45-38-36-34-32-30-28-26-24-22-20-18-16-14-12-10-8-6-4-2/h6,8,12,14,18,20,24,26,30,32,36,38,85H,3-5,7,9-11,13,15-17,19,21-23,25,27-29,31,33-35,37,39-84,88H2,1-2H3,(H,91,92)/b8-6-,14-12-,20-18-,26-24-,32-30-,38-36-. The zero-order chi connectivity index (χ0) is 70.0. The van der Waals surface area contributed by atoms with Crippen molar-refractivity contribution in [2.75, 3.05) is 26.4 Å². The Balaban J connectivity index is 3.73. The fraction of sp³-hybridized carbons (Fsp3) is 0.839. The van der Waals surface area contributed by atoms with Crippen LogP contribution in [0.2, 0.25) is 0 Å². The second-order valence-electron chi connectivity index (χ2n) is 28.7. The highest BCUT2D eigenvalue weighted by Crippen LogP contribution is 2.43. The summed E-state index contributed by atoms with van der Waals surface area (Å²) in [6, 6.07) is 0. The lowest BCUT2D eigenvalue weighted by atomic mass is 10.0. The Labute approximate surface area is 602 Å². The summed E-state index contributed by atoms with van der Waals surface area (Å²) in [4.78, 5) is 35.5. The van der Waals surface area contributed by atoms with Crippen LogP contribution in [0, 0.1) is 0 Å². The molecule has 0 saturated carbocycles. The number of carbonyl (C=O) groups excluding carboxylic acids is 2. The van der Waals surface area contributed by atoms with Gasteiger partial charge in [0.25, 0.3) is 0 Å². The Kier molecular flexibility index (Phi) is 80.2. The van der Waals surface area contributed by atoms with Crippen LogP contribution >= 0.6 is 7.82 Å². The van der Waals surface area contributed by atoms with Crippen molar-refractivity contribution in [3.8, 4) is 0 Å². The molecule has 0 rings (SSSR count). The molecule has 0 fully saturated rings. The number of ether oxygens (including phenoxy) is 2. The lowest BCUT2D eigenvalue weighted by Gasteiger charge is -2.19. The molecule has 9 nitrogen and oxygen atoms in total. The number of allylic oxidation sites excluding steroid dienone is 12. The van der Waals surface area contributed by atoms with Crippen LogP contribution in [0.1, 0.15) is 438 Å². The van der Waals surface area contributed by atoms with Gasteiger partial charge in [-0.1, -0.05) is 433 Å². The summed E-state index contributed by atoms with van der Waals surface area (Å²) < 4.78 is 33.3. The molecule has 97 heavy (non-hydrogen) atoms. The second kappa shape index (κ2) is 82.4. The van der Waals surface area contributed by atoms with Crippen molar-refractivity contribution in [2.45, 2.75) is 444 Å². The first kappa shape index (κ1) is 94.5. The molecule has 0 aromatic heterocycles. The predicted molar refractivity (Wildman–Crippen MR) is 423 cm³/mol. The molecule has 0 aliphatic carbocycles. The van der Waals surface area contributed by atoms with Gasteiger partial charge in [0.15, 0.2) is 6.10 Å². The van der Waals surface area contributed by atoms with Crippen molar-refractivity contribution >= 4 is 19.8 Å². The molecule has 0 saturated heterocycles. The second-order valence-corrected chi connectivity index (χ2v) is 30.1. The third-order valence-corrected chi connectivity index (χ3v) is 20.1. The van der Waals surface area contributed by atoms with E-state index in [0.29, 0.717) is 6.42 Å². The van der Waals surface area contributed by atoms with Crippen LogP contribution in [0.3, 0.4) is 0 Å². The number of phosphoric acid groups is 1. The largest absolute Gasteiger partial charge is 0.472 e. The van der Waals surface area contributed by atoms with Crippen LogP contribution in [0.25, 0.3) is 0 Å². The summed E-state index contributed by atoms with van der Waals surface area (Å²) >= 11 is 0. The maximum Gasteiger partial charge on any atom is 0.472 e. The van der Waals surface area contributed by atoms with Gasteiger partial charge in [0.05, 0.1) is 13.2 Å². The Morgan fingerprint density at radius 2 is 0.567 bits per heavy atom. The summed E-state index contributed by atoms with van der Waals surface area (Å²) in [7, 11) is -4.40. The molecule has 0 heterocycles. The molecule has 568 valence electrons. The summed E-state index contributed by atoms with van der Waals surface area (Å²) in [6.07, 6.45) is 111. The quantitative estimate of drug-likeness (QED) is 0.0264. The van der Waals surface area contributed by atoms with E-state index in [9.17, 15) is 19.0 Å². The van der Waals surface area contributed by atoms with Crippen LogP contribution < -0.4 is 5.73 Å². The summed E-state index contributed by atoms with van der Waals surface area (Å²) in [6.45, 7) is 3.71. The van der Waals surface area contributed by atoms with Crippen molar-refractivity contribution < 1.29 is 37.6 Å². The molecule has 3 N–H and O–H groups in total. The van der Waals surface area contributed by atoms with Crippen molar-refractivity contribution in [1.82, 2.24) is 0 Å². The molecule has 0 spiro atoms. The zero-order valence-corrected chi connectivity index (χ0v) is 65.2. The summed E-state index contributed by atoms with van der Waals surface area (Å²) in [5.74, 6) is -0.806. The van der Waals surface area contributed by atoms with Gasteiger partial charge < -0.3 is 20.1 Å². The highest BCUT2D eigenvalue weighted by atomic mass is 31.2. The monoisotopic (exact) mass is 1380 g/mol. The predicted octanol–water partition coefficient (Wildman–Crippen LogP) is 28.7. The molecule has 10 heteroatoms. The van der Waals surface area contributed by atoms with E-state index in [2.05, 4.69) is 86.8 Å². The van der Waals surface area contributed by atoms with E-state index in [1.165, 1.54) is 327 Å². The molecule has 2 atom stereocenters. The number of esters is 2. The number of hydrogen-bond acceptors (Lipinski definition) is 8. The van der Waals surface area contributed by atoms with Gasteiger partial charge in [-0.2, -0.15) is 0 Å². The Morgan fingerprint density at radius 3 is 0.845 bits per heavy atom. The van der Waals surface area contributed by atoms with Gasteiger partial charge in [0, 0.05) is 19.4 Å². The van der Waals surface area contributed by atoms with Gasteiger partial charge in [-0.3, -0.25) is 18.6 Å². The number of nitrogens with two attached hydrogens (primary N) is 1. The molecule has 0 radical (unpaired) electrons. The van der Waals surface area contributed by atoms with Crippen LogP contribution in [0.5, 0.6) is 0 Å². The van der Waals surface area contributed by atoms with E-state index in [4.69, 9.17) is 24.3 Å². The van der Waals surface area contributed by atoms with Crippen LogP contribution in [-0.2, 0) is 32.7 Å². The number of hydrogen-bond donors (Lipinski definition) is 2. The minimum Gasteiger partial charge on any atom is -0.462 e. The van der Waals surface area contributed by atoms with E-state index in [-0.39, 0.29) is 38.6 Å². The normalized spacial score (nSPS) is 13.2. The Bertz CT molecular complexity index is 1830. The van der Waals surface area contributed by atoms with E-state index in [1.807, 2.05) is 0 Å². The average molecular weight is 1380 g/mol. The lowest BCUT2D eigenvalue weighted by molar-refractivity contribution is -0.161. The number of carbonyl (C=O) groups is 2. The first-order valence-electron chi connectivity index (χ1n) is 42.4. The van der Waals surface area contributed by atoms with Gasteiger partial charge >= 0.3 is 19.8 Å². The molecule has 0 amide bonds. The van der Waals surface area contributed by atoms with Crippen LogP contribution in [-0.4, -0.2) is 49.3 Å². The van der Waals surface area contributed by atoms with Gasteiger partial charge in [-0.15, -0.1) is 0 Å². The molecule has 0 aliphatic heterocycles. The fourth-order valence-corrected chi connectivity index (χ4v) is 13.6. The third-order valence-electron chi connectivity index (χ3n) is 19.1. The average Bonchev–Trinajstić information content (AvgIpc) is 2.69. The smallest absolute Gasteiger partial charge is 0.462 e. The number of phosphoric ester groups is 1. The number of unbranched alkanes of at least 4 members (excludes halogenated alkanes) is 56. The van der Waals surface area contributed by atoms with Crippen molar-refractivity contribution in [3.63, 3.8) is 0 Å². The first-order chi connectivity index (χ1) is 47.8. The van der Waals surface area contributed by atoms with E-state index < -0.39 is 26.5 Å². The minimum atomic E-state index is -4.40. The van der Waals surface area contributed by atoms with E-state index >= 15 is 0 Å². The molecule has 0 bridgehead atoms. The Hall–Kier alpha value is -2.55. The topological polar surface area (TPSA) is 134 Å². The van der Waals surface area contributed by atoms with Gasteiger partial charge in [-0.05, 0) is 64.2 Å². The van der Waals surface area contributed by atoms with Crippen molar-refractivity contribution in [3.05, 3.63) is 72.9 Å². The maximum absolute atomic E-state index is 12.8. The lowest BCUT2D eigenvalue weighted by Crippen LogP contribution is -2.29. The summed E-state index contributed by atoms with van der Waals surface area (Å²) in [5.41, 5.74) is 5.42. The van der Waals surface area contributed by atoms with Crippen molar-refractivity contribution in [2.24, 2.45) is 5.73 Å². The fourth-order valence-electron chi connectivity index (χ4n) is 12.9. The SMILES string of the molecule is CC/C=C\C/C=C\C/C=C\C/C=C\C/C=C\C/C=C\CCCCCCCCCCCCCCCCCCC(=O)OC(COC(=O)CCCCCCCCCCCCCCCCCCCCCCCCCCCCCCCCCCCCCCCCCCC)COP(=O)(O)OCCN. The first-order valence-corrected chi connectivity index (χ1v) is 43.9. The maximum atomic E-state index is 12.8. The molecule has 0 aliphatic rings. The third kappa shape index (κ3) is 82.3. The highest BCUT2D eigenvalue weighted by molar-refractivity contribution is 7.47. The van der Waals surface area contributed by atoms with Crippen LogP contribution in [0.4, 0.5) is 0 Å². The zero-order valence-electron chi connectivity index (χ0n) is 64.3. The van der Waals surface area contributed by atoms with Gasteiger partial charge in [-0.25, -0.2) is 4.57 Å². The van der Waals surface area contributed by atoms with E-state index in [1.54, 1.807) is 0 Å². The van der Waals surface area contributed by atoms with Gasteiger partial charge in [0.1, 0.15) is 6.61 Å². The molecule has 2 unspecified atom stereocenters. The highest BCUT2D eigenvalue weighted by Gasteiger charge is 2.26. The minimum absolute atomic E-state index is 0.0541. The Morgan fingerprint density at radius 1 is 0.320 bits per heavy atom. The number of rotatable bonds is 81. The molecular formula is C87H162NO8P. The summed E-state index contributed by atoms with van der Waals surface area (Å²) in [5, 5.41) is 0. The van der Waals surface area contributed by atoms with Crippen molar-refractivity contribution in [1.29, 1.82) is 0 Å². The van der Waals surface area contributed by atoms with E-state index in [0.717, 1.165) is 77.0 Å². The molecule has 0 aromatic rings. The van der Waals surface area contributed by atoms with Gasteiger partial charge in [0.2, 0.25) is 0 Å². The molecule has 0 aromatic carbocycles. The molecular weight excluding hydrogens is 1220 g/mol. The van der Waals surface area contributed by atoms with Crippen LogP contribution in [0.15, 0.2) is 72.9 Å².